The molecule has 0 aromatic rings. The van der Waals surface area contributed by atoms with E-state index >= 15 is 0 Å². The van der Waals surface area contributed by atoms with Gasteiger partial charge in [-0.3, -0.25) is 0 Å². The first-order valence-corrected chi connectivity index (χ1v) is 6.91. The monoisotopic (exact) mass is 307 g/mol. The van der Waals surface area contributed by atoms with Gasteiger partial charge < -0.3 is 5.73 Å². The van der Waals surface area contributed by atoms with Gasteiger partial charge in [-0.15, -0.1) is 11.8 Å². The van der Waals surface area contributed by atoms with E-state index in [1.165, 1.54) is 11.8 Å². The largest absolute Gasteiger partial charge is 0.417 e. The fourth-order valence-corrected chi connectivity index (χ4v) is 2.44. The molecule has 19 heavy (non-hydrogen) atoms. The standard InChI is InChI=1S/C13H13ClF3NS/c1-3-10(13(15,16)17)12(11(14)7-18)8-4-5-9(6-8)19-2/h3-5,7H,1,6,18H2,2H3/b11-7+,12-10+. The molecule has 0 radical (unpaired) electrons. The normalized spacial score (nSPS) is 17.8. The third-order valence-corrected chi connectivity index (χ3v) is 3.70. The Balaban J connectivity index is 3.33. The Morgan fingerprint density at radius 2 is 2.11 bits per heavy atom. The van der Waals surface area contributed by atoms with Gasteiger partial charge in [0, 0.05) is 18.2 Å². The van der Waals surface area contributed by atoms with Crippen LogP contribution in [0.1, 0.15) is 6.42 Å². The maximum absolute atomic E-state index is 13.0. The summed E-state index contributed by atoms with van der Waals surface area (Å²) in [5.74, 6) is 0. The summed E-state index contributed by atoms with van der Waals surface area (Å²) < 4.78 is 39.0. The molecule has 1 aliphatic rings. The van der Waals surface area contributed by atoms with E-state index in [4.69, 9.17) is 17.3 Å². The van der Waals surface area contributed by atoms with Crippen LogP contribution in [-0.4, -0.2) is 12.4 Å². The van der Waals surface area contributed by atoms with E-state index in [1.807, 2.05) is 6.26 Å². The van der Waals surface area contributed by atoms with Crippen LogP contribution in [0.15, 0.2) is 57.7 Å². The second-order valence-electron chi connectivity index (χ2n) is 3.71. The second-order valence-corrected chi connectivity index (χ2v) is 5.05. The predicted octanol–water partition coefficient (Wildman–Crippen LogP) is 4.65. The molecular formula is C13H13ClF3NS. The van der Waals surface area contributed by atoms with E-state index in [9.17, 15) is 13.2 Å². The molecule has 0 heterocycles. The Bertz CT molecular complexity index is 499. The van der Waals surface area contributed by atoms with Gasteiger partial charge in [0.05, 0.1) is 10.6 Å². The van der Waals surface area contributed by atoms with Crippen LogP contribution in [0.4, 0.5) is 13.2 Å². The van der Waals surface area contributed by atoms with Crippen molar-refractivity contribution in [2.24, 2.45) is 5.73 Å². The molecule has 1 rings (SSSR count). The van der Waals surface area contributed by atoms with E-state index in [0.29, 0.717) is 12.0 Å². The van der Waals surface area contributed by atoms with Crippen LogP contribution < -0.4 is 5.73 Å². The third-order valence-electron chi connectivity index (χ3n) is 2.58. The number of rotatable bonds is 4. The zero-order valence-electron chi connectivity index (χ0n) is 10.2. The highest BCUT2D eigenvalue weighted by molar-refractivity contribution is 8.02. The SMILES string of the molecule is C=C/C(=C(C1=CC=C(SC)C1)\C(Cl)=C/N)C(F)(F)F. The molecule has 2 N–H and O–H groups in total. The van der Waals surface area contributed by atoms with Crippen LogP contribution >= 0.6 is 23.4 Å². The molecule has 0 unspecified atom stereocenters. The highest BCUT2D eigenvalue weighted by Crippen LogP contribution is 2.41. The minimum Gasteiger partial charge on any atom is -0.403 e. The summed E-state index contributed by atoms with van der Waals surface area (Å²) in [4.78, 5) is 0.972. The number of hydrogen-bond donors (Lipinski definition) is 1. The molecule has 0 spiro atoms. The minimum absolute atomic E-state index is 0.105. The molecule has 104 valence electrons. The van der Waals surface area contributed by atoms with Crippen molar-refractivity contribution in [3.63, 3.8) is 0 Å². The van der Waals surface area contributed by atoms with Gasteiger partial charge in [0.15, 0.2) is 0 Å². The van der Waals surface area contributed by atoms with E-state index < -0.39 is 11.7 Å². The number of thioether (sulfide) groups is 1. The van der Waals surface area contributed by atoms with Gasteiger partial charge >= 0.3 is 6.18 Å². The Hall–Kier alpha value is -1.07. The average Bonchev–Trinajstić information content (AvgIpc) is 2.81. The zero-order valence-corrected chi connectivity index (χ0v) is 11.8. The maximum atomic E-state index is 13.0. The molecular weight excluding hydrogens is 295 g/mol. The molecule has 0 amide bonds. The van der Waals surface area contributed by atoms with Crippen LogP contribution in [0.3, 0.4) is 0 Å². The van der Waals surface area contributed by atoms with E-state index in [0.717, 1.165) is 17.2 Å². The molecule has 0 aliphatic heterocycles. The summed E-state index contributed by atoms with van der Waals surface area (Å²) in [6, 6.07) is 0. The van der Waals surface area contributed by atoms with Gasteiger partial charge in [-0.05, 0) is 16.7 Å². The first-order chi connectivity index (χ1) is 8.85. The lowest BCUT2D eigenvalue weighted by atomic mass is 9.98. The van der Waals surface area contributed by atoms with Gasteiger partial charge in [-0.2, -0.15) is 13.2 Å². The summed E-state index contributed by atoms with van der Waals surface area (Å²) in [5, 5.41) is -0.130. The van der Waals surface area contributed by atoms with Gasteiger partial charge in [0.1, 0.15) is 0 Å². The van der Waals surface area contributed by atoms with Gasteiger partial charge in [0.2, 0.25) is 0 Å². The van der Waals surface area contributed by atoms with Crippen LogP contribution in [0.2, 0.25) is 0 Å². The van der Waals surface area contributed by atoms with Crippen molar-refractivity contribution in [1.82, 2.24) is 0 Å². The van der Waals surface area contributed by atoms with Crippen molar-refractivity contribution < 1.29 is 13.2 Å². The number of allylic oxidation sites excluding steroid dienone is 8. The number of halogens is 4. The summed E-state index contributed by atoms with van der Waals surface area (Å²) in [6.07, 6.45) is 2.88. The Morgan fingerprint density at radius 3 is 2.47 bits per heavy atom. The smallest absolute Gasteiger partial charge is 0.403 e. The average molecular weight is 308 g/mol. The molecule has 0 saturated heterocycles. The van der Waals surface area contributed by atoms with Crippen molar-refractivity contribution in [3.05, 3.63) is 57.7 Å². The van der Waals surface area contributed by atoms with Gasteiger partial charge in [0.25, 0.3) is 0 Å². The molecule has 0 bridgehead atoms. The molecule has 0 saturated carbocycles. The Labute approximate surface area is 119 Å². The molecule has 6 heteroatoms. The summed E-state index contributed by atoms with van der Waals surface area (Å²) in [7, 11) is 0. The topological polar surface area (TPSA) is 26.0 Å². The maximum Gasteiger partial charge on any atom is 0.417 e. The van der Waals surface area contributed by atoms with E-state index in [1.54, 1.807) is 12.2 Å². The summed E-state index contributed by atoms with van der Waals surface area (Å²) >= 11 is 7.33. The highest BCUT2D eigenvalue weighted by Gasteiger charge is 2.36. The Morgan fingerprint density at radius 1 is 1.47 bits per heavy atom. The van der Waals surface area contributed by atoms with E-state index in [-0.39, 0.29) is 10.6 Å². The van der Waals surface area contributed by atoms with Crippen LogP contribution in [-0.2, 0) is 0 Å². The van der Waals surface area contributed by atoms with Crippen molar-refractivity contribution in [2.75, 3.05) is 6.26 Å². The number of alkyl halides is 3. The van der Waals surface area contributed by atoms with E-state index in [2.05, 4.69) is 6.58 Å². The fraction of sp³-hybridized carbons (Fsp3) is 0.231. The van der Waals surface area contributed by atoms with Crippen molar-refractivity contribution in [3.8, 4) is 0 Å². The predicted molar refractivity (Wildman–Crippen MR) is 75.7 cm³/mol. The second kappa shape index (κ2) is 6.39. The number of hydrogen-bond acceptors (Lipinski definition) is 2. The van der Waals surface area contributed by atoms with Crippen LogP contribution in [0, 0.1) is 0 Å². The lowest BCUT2D eigenvalue weighted by molar-refractivity contribution is -0.0886. The highest BCUT2D eigenvalue weighted by atomic mass is 35.5. The zero-order chi connectivity index (χ0) is 14.6. The quantitative estimate of drug-likeness (QED) is 0.765. The first-order valence-electron chi connectivity index (χ1n) is 5.31. The van der Waals surface area contributed by atoms with Gasteiger partial charge in [-0.25, -0.2) is 0 Å². The summed E-state index contributed by atoms with van der Waals surface area (Å²) in [5.41, 5.74) is 4.77. The molecule has 0 atom stereocenters. The van der Waals surface area contributed by atoms with Gasteiger partial charge in [-0.1, -0.05) is 36.4 Å². The first kappa shape index (κ1) is 16.0. The lowest BCUT2D eigenvalue weighted by Crippen LogP contribution is -2.14. The molecule has 1 nitrogen and oxygen atoms in total. The van der Waals surface area contributed by atoms with Crippen molar-refractivity contribution in [2.45, 2.75) is 12.6 Å². The summed E-state index contributed by atoms with van der Waals surface area (Å²) in [6.45, 7) is 3.22. The Kier molecular flexibility index (Phi) is 5.38. The fourth-order valence-electron chi connectivity index (χ4n) is 1.71. The van der Waals surface area contributed by atoms with Crippen LogP contribution in [0.5, 0.6) is 0 Å². The van der Waals surface area contributed by atoms with Crippen molar-refractivity contribution in [1.29, 1.82) is 0 Å². The molecule has 0 aromatic heterocycles. The van der Waals surface area contributed by atoms with Crippen LogP contribution in [0.25, 0.3) is 0 Å². The van der Waals surface area contributed by atoms with Crippen molar-refractivity contribution >= 4 is 23.4 Å². The molecule has 1 aliphatic carbocycles. The lowest BCUT2D eigenvalue weighted by Gasteiger charge is -2.16. The minimum atomic E-state index is -4.52. The number of nitrogens with two attached hydrogens (primary N) is 1. The third kappa shape index (κ3) is 3.70. The molecule has 0 fully saturated rings. The molecule has 0 aromatic carbocycles.